The van der Waals surface area contributed by atoms with Crippen molar-refractivity contribution < 1.29 is 28.9 Å². The molecule has 2 atom stereocenters. The quantitative estimate of drug-likeness (QED) is 0.387. The van der Waals surface area contributed by atoms with Gasteiger partial charge in [-0.1, -0.05) is 30.3 Å². The van der Waals surface area contributed by atoms with Crippen molar-refractivity contribution in [2.24, 2.45) is 0 Å². The third kappa shape index (κ3) is 5.31. The van der Waals surface area contributed by atoms with Crippen molar-refractivity contribution in [2.45, 2.75) is 44.4 Å². The number of phenols is 1. The number of nitrogens with one attached hydrogen (secondary N) is 1. The maximum Gasteiger partial charge on any atom is 0.336 e. The van der Waals surface area contributed by atoms with Gasteiger partial charge in [-0.25, -0.2) is 4.79 Å². The summed E-state index contributed by atoms with van der Waals surface area (Å²) in [6.45, 7) is 2.70. The number of para-hydroxylation sites is 1. The molecule has 0 fully saturated rings. The molecule has 2 unspecified atom stereocenters. The zero-order chi connectivity index (χ0) is 25.7. The van der Waals surface area contributed by atoms with Crippen LogP contribution in [0.5, 0.6) is 11.5 Å². The highest BCUT2D eigenvalue weighted by molar-refractivity contribution is 6.04. The molecule has 2 aromatic rings. The zero-order valence-corrected chi connectivity index (χ0v) is 21.0. The minimum absolute atomic E-state index is 0.0362. The largest absolute Gasteiger partial charge is 0.508 e. The van der Waals surface area contributed by atoms with E-state index >= 15 is 0 Å². The molecule has 0 radical (unpaired) electrons. The van der Waals surface area contributed by atoms with E-state index in [1.165, 1.54) is 0 Å². The number of Topliss-reactive ketones (excluding diaryl/α,β-unsaturated/α-hetero) is 1. The fourth-order valence-corrected chi connectivity index (χ4v) is 5.16. The molecule has 7 heteroatoms. The van der Waals surface area contributed by atoms with Crippen molar-refractivity contribution in [3.63, 3.8) is 0 Å². The molecule has 2 N–H and O–H groups in total. The molecule has 0 spiro atoms. The molecule has 7 nitrogen and oxygen atoms in total. The standard InChI is InChI=1S/C29H33NO6/c1-18-26(29(33)36-14-7-6-13-34-2)27(19-9-8-10-21(31)15-19)28-23(30-18)16-20(17-24(28)32)22-11-4-5-12-25(22)35-3/h4-5,8-12,15,20,27,30-31H,6-7,13-14,16-17H2,1-3H3. The Morgan fingerprint density at radius 2 is 1.83 bits per heavy atom. The average Bonchev–Trinajstić information content (AvgIpc) is 2.87. The summed E-state index contributed by atoms with van der Waals surface area (Å²) in [6.07, 6.45) is 2.37. The van der Waals surface area contributed by atoms with Gasteiger partial charge in [0, 0.05) is 48.9 Å². The molecule has 0 saturated carbocycles. The summed E-state index contributed by atoms with van der Waals surface area (Å²) in [5.74, 6) is -0.335. The van der Waals surface area contributed by atoms with Crippen molar-refractivity contribution in [3.05, 3.63) is 82.2 Å². The Balaban J connectivity index is 1.69. The number of esters is 1. The number of phenolic OH excluding ortho intramolecular Hbond substituents is 1. The van der Waals surface area contributed by atoms with Crippen LogP contribution in [-0.2, 0) is 19.1 Å². The highest BCUT2D eigenvalue weighted by Gasteiger charge is 2.41. The molecule has 1 aliphatic heterocycles. The summed E-state index contributed by atoms with van der Waals surface area (Å²) >= 11 is 0. The number of methoxy groups -OCH3 is 2. The Bertz CT molecular complexity index is 1200. The average molecular weight is 492 g/mol. The molecular formula is C29H33NO6. The number of benzene rings is 2. The first-order valence-corrected chi connectivity index (χ1v) is 12.3. The van der Waals surface area contributed by atoms with Crippen LogP contribution in [0.3, 0.4) is 0 Å². The maximum absolute atomic E-state index is 13.7. The fraction of sp³-hybridized carbons (Fsp3) is 0.379. The number of carbonyl (C=O) groups excluding carboxylic acids is 2. The molecule has 0 aromatic heterocycles. The van der Waals surface area contributed by atoms with E-state index in [0.717, 1.165) is 23.4 Å². The predicted octanol–water partition coefficient (Wildman–Crippen LogP) is 4.73. The van der Waals surface area contributed by atoms with Crippen LogP contribution in [-0.4, -0.2) is 44.3 Å². The first-order chi connectivity index (χ1) is 17.4. The van der Waals surface area contributed by atoms with E-state index in [-0.39, 0.29) is 24.1 Å². The van der Waals surface area contributed by atoms with E-state index in [4.69, 9.17) is 14.2 Å². The number of dihydropyridines is 1. The molecular weight excluding hydrogens is 458 g/mol. The third-order valence-corrected chi connectivity index (χ3v) is 6.81. The van der Waals surface area contributed by atoms with Gasteiger partial charge in [0.2, 0.25) is 0 Å². The van der Waals surface area contributed by atoms with Crippen LogP contribution < -0.4 is 10.1 Å². The van der Waals surface area contributed by atoms with E-state index in [0.29, 0.717) is 48.3 Å². The summed E-state index contributed by atoms with van der Waals surface area (Å²) in [7, 11) is 3.27. The Morgan fingerprint density at radius 1 is 1.06 bits per heavy atom. The highest BCUT2D eigenvalue weighted by Crippen LogP contribution is 2.47. The molecule has 1 heterocycles. The monoisotopic (exact) mass is 491 g/mol. The van der Waals surface area contributed by atoms with E-state index < -0.39 is 11.9 Å². The molecule has 4 rings (SSSR count). The van der Waals surface area contributed by atoms with E-state index in [9.17, 15) is 14.7 Å². The van der Waals surface area contributed by atoms with Gasteiger partial charge in [0.05, 0.1) is 19.3 Å². The minimum atomic E-state index is -0.619. The Labute approximate surface area is 211 Å². The minimum Gasteiger partial charge on any atom is -0.508 e. The molecule has 0 bridgehead atoms. The number of unbranched alkanes of at least 4 members (excludes halogenated alkanes) is 1. The van der Waals surface area contributed by atoms with Crippen molar-refractivity contribution in [1.29, 1.82) is 0 Å². The van der Waals surface area contributed by atoms with Crippen molar-refractivity contribution >= 4 is 11.8 Å². The molecule has 0 amide bonds. The van der Waals surface area contributed by atoms with Gasteiger partial charge < -0.3 is 24.6 Å². The summed E-state index contributed by atoms with van der Waals surface area (Å²) in [6, 6.07) is 14.5. The second-order valence-corrected chi connectivity index (χ2v) is 9.19. The smallest absolute Gasteiger partial charge is 0.336 e. The number of ketones is 1. The third-order valence-electron chi connectivity index (χ3n) is 6.81. The molecule has 190 valence electrons. The summed E-state index contributed by atoms with van der Waals surface area (Å²) in [5, 5.41) is 13.6. The van der Waals surface area contributed by atoms with Gasteiger partial charge in [-0.05, 0) is 55.5 Å². The first kappa shape index (κ1) is 25.5. The normalized spacial score (nSPS) is 19.6. The van der Waals surface area contributed by atoms with Crippen LogP contribution in [0.2, 0.25) is 0 Å². The summed E-state index contributed by atoms with van der Waals surface area (Å²) < 4.78 is 16.2. The lowest BCUT2D eigenvalue weighted by Crippen LogP contribution is -2.36. The van der Waals surface area contributed by atoms with E-state index in [1.54, 1.807) is 32.4 Å². The number of rotatable bonds is 9. The Morgan fingerprint density at radius 3 is 2.58 bits per heavy atom. The Kier molecular flexibility index (Phi) is 8.10. The second kappa shape index (κ2) is 11.4. The predicted molar refractivity (Wildman–Crippen MR) is 136 cm³/mol. The van der Waals surface area contributed by atoms with Gasteiger partial charge >= 0.3 is 5.97 Å². The lowest BCUT2D eigenvalue weighted by atomic mass is 9.71. The molecule has 0 saturated heterocycles. The molecule has 36 heavy (non-hydrogen) atoms. The van der Waals surface area contributed by atoms with Crippen molar-refractivity contribution in [2.75, 3.05) is 27.4 Å². The number of allylic oxidation sites excluding steroid dienone is 3. The summed E-state index contributed by atoms with van der Waals surface area (Å²) in [5.41, 5.74) is 4.07. The second-order valence-electron chi connectivity index (χ2n) is 9.19. The number of hydrogen-bond donors (Lipinski definition) is 2. The number of hydrogen-bond acceptors (Lipinski definition) is 7. The van der Waals surface area contributed by atoms with Crippen LogP contribution in [0.25, 0.3) is 0 Å². The Hall–Kier alpha value is -3.58. The van der Waals surface area contributed by atoms with Crippen LogP contribution in [0, 0.1) is 0 Å². The maximum atomic E-state index is 13.7. The number of aromatic hydroxyl groups is 1. The van der Waals surface area contributed by atoms with Gasteiger partial charge in [0.25, 0.3) is 0 Å². The van der Waals surface area contributed by atoms with Gasteiger partial charge in [0.15, 0.2) is 5.78 Å². The van der Waals surface area contributed by atoms with Crippen LogP contribution in [0.1, 0.15) is 55.6 Å². The zero-order valence-electron chi connectivity index (χ0n) is 21.0. The molecule has 1 aliphatic carbocycles. The summed E-state index contributed by atoms with van der Waals surface area (Å²) in [4.78, 5) is 27.0. The van der Waals surface area contributed by atoms with Crippen LogP contribution in [0.15, 0.2) is 71.1 Å². The highest BCUT2D eigenvalue weighted by atomic mass is 16.5. The van der Waals surface area contributed by atoms with Crippen molar-refractivity contribution in [1.82, 2.24) is 5.32 Å². The van der Waals surface area contributed by atoms with Gasteiger partial charge in [-0.2, -0.15) is 0 Å². The van der Waals surface area contributed by atoms with Gasteiger partial charge in [0.1, 0.15) is 11.5 Å². The number of ether oxygens (including phenoxy) is 3. The SMILES string of the molecule is COCCCCOC(=O)C1=C(C)NC2=C(C(=O)CC(c3ccccc3OC)C2)C1c1cccc(O)c1. The number of carbonyl (C=O) groups is 2. The van der Waals surface area contributed by atoms with Crippen LogP contribution in [0.4, 0.5) is 0 Å². The van der Waals surface area contributed by atoms with Gasteiger partial charge in [-0.15, -0.1) is 0 Å². The first-order valence-electron chi connectivity index (χ1n) is 12.3. The fourth-order valence-electron chi connectivity index (χ4n) is 5.16. The van der Waals surface area contributed by atoms with E-state index in [2.05, 4.69) is 5.32 Å². The topological polar surface area (TPSA) is 94.1 Å². The lowest BCUT2D eigenvalue weighted by molar-refractivity contribution is -0.139. The van der Waals surface area contributed by atoms with Crippen molar-refractivity contribution in [3.8, 4) is 11.5 Å². The van der Waals surface area contributed by atoms with Gasteiger partial charge in [-0.3, -0.25) is 4.79 Å². The van der Waals surface area contributed by atoms with E-state index in [1.807, 2.05) is 37.3 Å². The molecule has 2 aromatic carbocycles. The lowest BCUT2D eigenvalue weighted by Gasteiger charge is -2.37. The van der Waals surface area contributed by atoms with Crippen LogP contribution >= 0.6 is 0 Å². The molecule has 2 aliphatic rings.